The summed E-state index contributed by atoms with van der Waals surface area (Å²) in [5.41, 5.74) is 3.69. The van der Waals surface area contributed by atoms with E-state index in [-0.39, 0.29) is 0 Å². The van der Waals surface area contributed by atoms with Crippen LogP contribution in [0.15, 0.2) is 30.5 Å². The third-order valence-electron chi connectivity index (χ3n) is 5.82. The zero-order chi connectivity index (χ0) is 21.2. The minimum Gasteiger partial charge on any atom is -0.437 e. The van der Waals surface area contributed by atoms with Crippen molar-refractivity contribution >= 4 is 5.82 Å². The molecule has 2 aliphatic heterocycles. The van der Waals surface area contributed by atoms with Gasteiger partial charge in [0, 0.05) is 50.3 Å². The molecule has 4 heterocycles. The first kappa shape index (κ1) is 19.5. The average Bonchev–Trinajstić information content (AvgIpc) is 3.23. The number of piperidine rings is 1. The second-order valence-electron chi connectivity index (χ2n) is 8.01. The number of benzene rings is 1. The van der Waals surface area contributed by atoms with Gasteiger partial charge in [0.15, 0.2) is 5.75 Å². The third-order valence-corrected chi connectivity index (χ3v) is 5.82. The Morgan fingerprint density at radius 3 is 2.84 bits per heavy atom. The summed E-state index contributed by atoms with van der Waals surface area (Å²) < 4.78 is 8.20. The highest BCUT2D eigenvalue weighted by Gasteiger charge is 2.20. The third kappa shape index (κ3) is 3.97. The normalized spacial score (nSPS) is 15.9. The number of ether oxygens (including phenoxy) is 1. The van der Waals surface area contributed by atoms with Gasteiger partial charge in [-0.3, -0.25) is 0 Å². The zero-order valence-corrected chi connectivity index (χ0v) is 17.6. The lowest BCUT2D eigenvalue weighted by Gasteiger charge is -2.28. The first-order chi connectivity index (χ1) is 15.2. The van der Waals surface area contributed by atoms with Gasteiger partial charge >= 0.3 is 0 Å². The number of aromatic nitrogens is 4. The molecule has 2 aliphatic rings. The molecule has 8 heteroatoms. The summed E-state index contributed by atoms with van der Waals surface area (Å²) in [6.07, 6.45) is 6.39. The Balaban J connectivity index is 1.53. The van der Waals surface area contributed by atoms with Crippen molar-refractivity contribution in [2.75, 3.05) is 24.5 Å². The maximum Gasteiger partial charge on any atom is 0.224 e. The van der Waals surface area contributed by atoms with Gasteiger partial charge in [0.2, 0.25) is 5.88 Å². The van der Waals surface area contributed by atoms with Crippen LogP contribution >= 0.6 is 0 Å². The van der Waals surface area contributed by atoms with Crippen LogP contribution in [-0.4, -0.2) is 39.4 Å². The molecule has 0 radical (unpaired) electrons. The van der Waals surface area contributed by atoms with Crippen molar-refractivity contribution in [3.05, 3.63) is 53.1 Å². The number of fused-ring (bicyclic) bond motifs is 1. The molecule has 0 spiro atoms. The van der Waals surface area contributed by atoms with E-state index in [1.165, 1.54) is 30.5 Å². The predicted molar refractivity (Wildman–Crippen MR) is 117 cm³/mol. The van der Waals surface area contributed by atoms with Crippen LogP contribution in [0, 0.1) is 18.3 Å². The SMILES string of the molecule is Cc1nc(Oc2cc(C#N)ccc2-n2ncc3c2CCNC3)cc(N2CCCCC2)n1. The maximum atomic E-state index is 9.43. The van der Waals surface area contributed by atoms with Crippen molar-refractivity contribution in [3.8, 4) is 23.4 Å². The minimum absolute atomic E-state index is 0.479. The van der Waals surface area contributed by atoms with Gasteiger partial charge in [0.05, 0.1) is 23.5 Å². The Hall–Kier alpha value is -3.44. The van der Waals surface area contributed by atoms with Crippen molar-refractivity contribution in [1.29, 1.82) is 5.26 Å². The quantitative estimate of drug-likeness (QED) is 0.699. The van der Waals surface area contributed by atoms with Gasteiger partial charge in [0.1, 0.15) is 17.3 Å². The average molecular weight is 416 g/mol. The van der Waals surface area contributed by atoms with E-state index in [2.05, 4.69) is 31.4 Å². The molecule has 31 heavy (non-hydrogen) atoms. The van der Waals surface area contributed by atoms with E-state index in [1.54, 1.807) is 12.1 Å². The molecule has 5 rings (SSSR count). The summed E-state index contributed by atoms with van der Waals surface area (Å²) in [5.74, 6) is 2.60. The van der Waals surface area contributed by atoms with Gasteiger partial charge < -0.3 is 15.0 Å². The summed E-state index contributed by atoms with van der Waals surface area (Å²) >= 11 is 0. The first-order valence-electron chi connectivity index (χ1n) is 10.8. The maximum absolute atomic E-state index is 9.43. The highest BCUT2D eigenvalue weighted by atomic mass is 16.5. The largest absolute Gasteiger partial charge is 0.437 e. The van der Waals surface area contributed by atoms with Gasteiger partial charge in [-0.1, -0.05) is 0 Å². The lowest BCUT2D eigenvalue weighted by atomic mass is 10.1. The Bertz CT molecular complexity index is 1140. The molecule has 158 valence electrons. The van der Waals surface area contributed by atoms with Crippen LogP contribution in [0.4, 0.5) is 5.82 Å². The van der Waals surface area contributed by atoms with Gasteiger partial charge in [0.25, 0.3) is 0 Å². The van der Waals surface area contributed by atoms with Crippen LogP contribution in [0.1, 0.15) is 41.9 Å². The van der Waals surface area contributed by atoms with Crippen molar-refractivity contribution < 1.29 is 4.74 Å². The Morgan fingerprint density at radius 1 is 1.13 bits per heavy atom. The lowest BCUT2D eigenvalue weighted by molar-refractivity contribution is 0.454. The molecule has 8 nitrogen and oxygen atoms in total. The van der Waals surface area contributed by atoms with E-state index < -0.39 is 0 Å². The van der Waals surface area contributed by atoms with E-state index in [1.807, 2.05) is 29.9 Å². The van der Waals surface area contributed by atoms with E-state index in [4.69, 9.17) is 4.74 Å². The monoisotopic (exact) mass is 415 g/mol. The van der Waals surface area contributed by atoms with Gasteiger partial charge in [-0.2, -0.15) is 15.3 Å². The number of nitriles is 1. The van der Waals surface area contributed by atoms with Crippen molar-refractivity contribution in [2.24, 2.45) is 0 Å². The van der Waals surface area contributed by atoms with Crippen LogP contribution in [0.5, 0.6) is 11.6 Å². The fourth-order valence-electron chi connectivity index (χ4n) is 4.27. The molecule has 0 bridgehead atoms. The molecule has 3 aromatic rings. The standard InChI is InChI=1S/C23H25N7O/c1-16-27-22(29-9-3-2-4-10-29)12-23(28-16)31-21-11-17(13-24)5-6-20(21)30-19-7-8-25-14-18(19)15-26-30/h5-6,11-12,15,25H,2-4,7-10,14H2,1H3. The summed E-state index contributed by atoms with van der Waals surface area (Å²) in [5, 5.41) is 17.4. The minimum atomic E-state index is 0.479. The lowest BCUT2D eigenvalue weighted by Crippen LogP contribution is -2.30. The topological polar surface area (TPSA) is 91.9 Å². The highest BCUT2D eigenvalue weighted by molar-refractivity contribution is 5.54. The van der Waals surface area contributed by atoms with E-state index in [0.29, 0.717) is 23.0 Å². The molecule has 0 saturated carbocycles. The van der Waals surface area contributed by atoms with Gasteiger partial charge in [-0.25, -0.2) is 9.67 Å². The number of rotatable bonds is 4. The van der Waals surface area contributed by atoms with Gasteiger partial charge in [-0.15, -0.1) is 0 Å². The van der Waals surface area contributed by atoms with Crippen molar-refractivity contribution in [2.45, 2.75) is 39.2 Å². The summed E-state index contributed by atoms with van der Waals surface area (Å²) in [7, 11) is 0. The fourth-order valence-corrected chi connectivity index (χ4v) is 4.27. The van der Waals surface area contributed by atoms with Crippen molar-refractivity contribution in [1.82, 2.24) is 25.1 Å². The number of hydrogen-bond acceptors (Lipinski definition) is 7. The summed E-state index contributed by atoms with van der Waals surface area (Å²) in [6, 6.07) is 9.53. The first-order valence-corrected chi connectivity index (χ1v) is 10.8. The highest BCUT2D eigenvalue weighted by Crippen LogP contribution is 2.32. The fraction of sp³-hybridized carbons (Fsp3) is 0.391. The molecule has 0 aliphatic carbocycles. The van der Waals surface area contributed by atoms with Crippen LogP contribution in [0.25, 0.3) is 5.69 Å². The van der Waals surface area contributed by atoms with Crippen LogP contribution in [-0.2, 0) is 13.0 Å². The van der Waals surface area contributed by atoms with E-state index in [0.717, 1.165) is 44.1 Å². The van der Waals surface area contributed by atoms with Crippen LogP contribution in [0.2, 0.25) is 0 Å². The summed E-state index contributed by atoms with van der Waals surface area (Å²) in [6.45, 7) is 5.60. The van der Waals surface area contributed by atoms with E-state index in [9.17, 15) is 5.26 Å². The molecule has 1 saturated heterocycles. The number of anilines is 1. The second kappa shape index (κ2) is 8.36. The number of nitrogens with zero attached hydrogens (tertiary/aromatic N) is 6. The Morgan fingerprint density at radius 2 is 2.00 bits per heavy atom. The summed E-state index contributed by atoms with van der Waals surface area (Å²) in [4.78, 5) is 11.4. The van der Waals surface area contributed by atoms with E-state index >= 15 is 0 Å². The molecule has 0 atom stereocenters. The zero-order valence-electron chi connectivity index (χ0n) is 17.6. The second-order valence-corrected chi connectivity index (χ2v) is 8.01. The molecule has 1 aromatic carbocycles. The van der Waals surface area contributed by atoms with Crippen molar-refractivity contribution in [3.63, 3.8) is 0 Å². The number of aryl methyl sites for hydroxylation is 1. The van der Waals surface area contributed by atoms with Crippen LogP contribution in [0.3, 0.4) is 0 Å². The molecule has 2 aromatic heterocycles. The molecule has 1 N–H and O–H groups in total. The number of hydrogen-bond donors (Lipinski definition) is 1. The Labute approximate surface area is 181 Å². The molecule has 1 fully saturated rings. The Kier molecular flexibility index (Phi) is 5.26. The smallest absolute Gasteiger partial charge is 0.224 e. The molecule has 0 amide bonds. The van der Waals surface area contributed by atoms with Gasteiger partial charge in [-0.05, 0) is 38.3 Å². The number of nitrogens with one attached hydrogen (secondary N) is 1. The predicted octanol–water partition coefficient (Wildman–Crippen LogP) is 3.27. The molecular formula is C23H25N7O. The molecular weight excluding hydrogens is 390 g/mol. The van der Waals surface area contributed by atoms with Crippen LogP contribution < -0.4 is 15.0 Å². The molecule has 0 unspecified atom stereocenters.